The lowest BCUT2D eigenvalue weighted by Gasteiger charge is -2.39. The first-order valence-electron chi connectivity index (χ1n) is 8.93. The second-order valence-corrected chi connectivity index (χ2v) is 6.91. The highest BCUT2D eigenvalue weighted by Gasteiger charge is 2.29. The summed E-state index contributed by atoms with van der Waals surface area (Å²) in [6, 6.07) is 9.90. The molecule has 0 aliphatic carbocycles. The van der Waals surface area contributed by atoms with E-state index in [1.165, 1.54) is 29.6 Å². The zero-order valence-corrected chi connectivity index (χ0v) is 15.6. The molecule has 1 aliphatic rings. The Balaban J connectivity index is 1.58. The normalized spacial score (nSPS) is 17.6. The number of hydrogen-bond acceptors (Lipinski definition) is 5. The van der Waals surface area contributed by atoms with Gasteiger partial charge in [0, 0.05) is 38.4 Å². The molecule has 3 rings (SSSR count). The molecule has 7 nitrogen and oxygen atoms in total. The quantitative estimate of drug-likeness (QED) is 0.894. The van der Waals surface area contributed by atoms with Crippen LogP contribution in [0.5, 0.6) is 5.75 Å². The van der Waals surface area contributed by atoms with E-state index in [1.807, 2.05) is 6.92 Å². The van der Waals surface area contributed by atoms with Crippen LogP contribution in [0, 0.1) is 6.92 Å². The number of aryl methyl sites for hydroxylation is 1. The summed E-state index contributed by atoms with van der Waals surface area (Å²) in [5.41, 5.74) is 7.95. The molecule has 0 saturated carbocycles. The van der Waals surface area contributed by atoms with Crippen molar-refractivity contribution in [3.05, 3.63) is 59.4 Å². The largest absolute Gasteiger partial charge is 0.415 e. The Morgan fingerprint density at radius 2 is 2.07 bits per heavy atom. The number of amides is 2. The number of hydrogen-bond donors (Lipinski definition) is 1. The van der Waals surface area contributed by atoms with E-state index in [9.17, 15) is 9.59 Å². The number of carbonyl (C=O) groups excluding carboxylic acids is 2. The highest BCUT2D eigenvalue weighted by Crippen LogP contribution is 2.17. The molecular weight excluding hydrogens is 344 g/mol. The summed E-state index contributed by atoms with van der Waals surface area (Å²) in [6.45, 7) is 7.06. The average molecular weight is 368 g/mol. The van der Waals surface area contributed by atoms with E-state index in [0.29, 0.717) is 6.54 Å². The number of nitrogens with two attached hydrogens (primary N) is 1. The highest BCUT2D eigenvalue weighted by atomic mass is 16.6. The van der Waals surface area contributed by atoms with Crippen LogP contribution >= 0.6 is 0 Å². The van der Waals surface area contributed by atoms with Crippen LogP contribution in [0.3, 0.4) is 0 Å². The Morgan fingerprint density at radius 1 is 1.26 bits per heavy atom. The van der Waals surface area contributed by atoms with Crippen LogP contribution in [0.15, 0.2) is 42.7 Å². The summed E-state index contributed by atoms with van der Waals surface area (Å²) < 4.78 is 5.38. The van der Waals surface area contributed by atoms with Gasteiger partial charge >= 0.3 is 6.09 Å². The summed E-state index contributed by atoms with van der Waals surface area (Å²) in [5, 5.41) is 0. The van der Waals surface area contributed by atoms with Crippen LogP contribution in [0.4, 0.5) is 4.79 Å². The maximum absolute atomic E-state index is 12.5. The van der Waals surface area contributed by atoms with E-state index >= 15 is 0 Å². The molecule has 2 amide bonds. The molecule has 0 spiro atoms. The third-order valence-electron chi connectivity index (χ3n) is 4.64. The number of rotatable bonds is 4. The van der Waals surface area contributed by atoms with E-state index in [4.69, 9.17) is 10.5 Å². The van der Waals surface area contributed by atoms with Crippen molar-refractivity contribution in [3.63, 3.8) is 0 Å². The minimum Gasteiger partial charge on any atom is -0.409 e. The molecular formula is C20H24N4O3. The van der Waals surface area contributed by atoms with Gasteiger partial charge in [-0.1, -0.05) is 29.8 Å². The van der Waals surface area contributed by atoms with Crippen molar-refractivity contribution in [3.8, 4) is 5.75 Å². The fourth-order valence-electron chi connectivity index (χ4n) is 3.29. The Bertz CT molecular complexity index is 839. The minimum absolute atomic E-state index is 0.0170. The predicted molar refractivity (Wildman–Crippen MR) is 101 cm³/mol. The average Bonchev–Trinajstić information content (AvgIpc) is 2.62. The second-order valence-electron chi connectivity index (χ2n) is 6.91. The fourth-order valence-corrected chi connectivity index (χ4v) is 3.29. The van der Waals surface area contributed by atoms with Crippen molar-refractivity contribution < 1.29 is 14.3 Å². The van der Waals surface area contributed by atoms with Gasteiger partial charge in [-0.25, -0.2) is 4.79 Å². The zero-order chi connectivity index (χ0) is 19.4. The molecule has 1 aromatic carbocycles. The first kappa shape index (κ1) is 18.8. The molecule has 7 heteroatoms. The standard InChI is InChI=1S/C20H24N4O3/c1-14-4-3-5-16(8-14)13-23-6-7-24(15(2)12-23)20(26)27-18-9-17(19(21)25)10-22-11-18/h3-5,8-11,15H,6-7,12-13H2,1-2H3,(H2,21,25)/t15-/m1/s1. The smallest absolute Gasteiger partial charge is 0.409 e. The molecule has 2 N–H and O–H groups in total. The fraction of sp³-hybridized carbons (Fsp3) is 0.350. The van der Waals surface area contributed by atoms with Crippen molar-refractivity contribution in [1.82, 2.24) is 14.8 Å². The summed E-state index contributed by atoms with van der Waals surface area (Å²) in [5.74, 6) is -0.399. The highest BCUT2D eigenvalue weighted by molar-refractivity contribution is 5.92. The van der Waals surface area contributed by atoms with Crippen molar-refractivity contribution >= 4 is 12.0 Å². The monoisotopic (exact) mass is 368 g/mol. The molecule has 1 aliphatic heterocycles. The molecule has 1 aromatic heterocycles. The molecule has 27 heavy (non-hydrogen) atoms. The van der Waals surface area contributed by atoms with E-state index in [0.717, 1.165) is 19.6 Å². The van der Waals surface area contributed by atoms with Crippen LogP contribution in [0.2, 0.25) is 0 Å². The Kier molecular flexibility index (Phi) is 5.71. The predicted octanol–water partition coefficient (Wildman–Crippen LogP) is 2.19. The number of benzene rings is 1. The van der Waals surface area contributed by atoms with Crippen molar-refractivity contribution in [2.24, 2.45) is 5.73 Å². The molecule has 1 fully saturated rings. The molecule has 1 saturated heterocycles. The number of aromatic nitrogens is 1. The third kappa shape index (κ3) is 4.83. The number of carbonyl (C=O) groups is 2. The van der Waals surface area contributed by atoms with Gasteiger partial charge in [0.25, 0.3) is 0 Å². The molecule has 0 bridgehead atoms. The van der Waals surface area contributed by atoms with Gasteiger partial charge in [-0.05, 0) is 25.5 Å². The lowest BCUT2D eigenvalue weighted by atomic mass is 10.1. The van der Waals surface area contributed by atoms with Gasteiger partial charge < -0.3 is 15.4 Å². The molecule has 0 unspecified atom stereocenters. The maximum Gasteiger partial charge on any atom is 0.415 e. The molecule has 2 heterocycles. The maximum atomic E-state index is 12.5. The number of ether oxygens (including phenoxy) is 1. The topological polar surface area (TPSA) is 88.8 Å². The molecule has 1 atom stereocenters. The first-order chi connectivity index (χ1) is 12.9. The molecule has 0 radical (unpaired) electrons. The Morgan fingerprint density at radius 3 is 2.78 bits per heavy atom. The van der Waals surface area contributed by atoms with Crippen LogP contribution in [-0.4, -0.2) is 52.5 Å². The van der Waals surface area contributed by atoms with Crippen LogP contribution in [-0.2, 0) is 6.54 Å². The number of pyridine rings is 1. The number of piperazine rings is 1. The van der Waals surface area contributed by atoms with Gasteiger partial charge in [0.15, 0.2) is 5.75 Å². The molecule has 2 aromatic rings. The summed E-state index contributed by atoms with van der Waals surface area (Å²) >= 11 is 0. The lowest BCUT2D eigenvalue weighted by molar-refractivity contribution is 0.0751. The van der Waals surface area contributed by atoms with E-state index in [1.54, 1.807) is 4.90 Å². The summed E-state index contributed by atoms with van der Waals surface area (Å²) in [6.07, 6.45) is 2.29. The Hall–Kier alpha value is -2.93. The van der Waals surface area contributed by atoms with Crippen molar-refractivity contribution in [1.29, 1.82) is 0 Å². The van der Waals surface area contributed by atoms with Crippen LogP contribution in [0.25, 0.3) is 0 Å². The van der Waals surface area contributed by atoms with E-state index < -0.39 is 12.0 Å². The zero-order valence-electron chi connectivity index (χ0n) is 15.6. The van der Waals surface area contributed by atoms with Gasteiger partial charge in [-0.15, -0.1) is 0 Å². The number of primary amides is 1. The first-order valence-corrected chi connectivity index (χ1v) is 8.93. The van der Waals surface area contributed by atoms with Gasteiger partial charge in [-0.2, -0.15) is 0 Å². The third-order valence-corrected chi connectivity index (χ3v) is 4.64. The van der Waals surface area contributed by atoms with E-state index in [-0.39, 0.29) is 17.4 Å². The second kappa shape index (κ2) is 8.18. The lowest BCUT2D eigenvalue weighted by Crippen LogP contribution is -2.54. The Labute approximate surface area is 158 Å². The minimum atomic E-state index is -0.612. The van der Waals surface area contributed by atoms with Gasteiger partial charge in [0.05, 0.1) is 11.8 Å². The van der Waals surface area contributed by atoms with E-state index in [2.05, 4.69) is 41.1 Å². The van der Waals surface area contributed by atoms with Crippen molar-refractivity contribution in [2.45, 2.75) is 26.4 Å². The van der Waals surface area contributed by atoms with Gasteiger partial charge in [-0.3, -0.25) is 14.7 Å². The van der Waals surface area contributed by atoms with Gasteiger partial charge in [0.2, 0.25) is 5.91 Å². The summed E-state index contributed by atoms with van der Waals surface area (Å²) in [7, 11) is 0. The van der Waals surface area contributed by atoms with Crippen molar-refractivity contribution in [2.75, 3.05) is 19.6 Å². The van der Waals surface area contributed by atoms with Crippen LogP contribution < -0.4 is 10.5 Å². The SMILES string of the molecule is Cc1cccc(CN2CCN(C(=O)Oc3cncc(C(N)=O)c3)[C@H](C)C2)c1. The summed E-state index contributed by atoms with van der Waals surface area (Å²) in [4.78, 5) is 31.6. The number of nitrogens with zero attached hydrogens (tertiary/aromatic N) is 3. The van der Waals surface area contributed by atoms with Gasteiger partial charge in [0.1, 0.15) is 0 Å². The molecule has 142 valence electrons. The van der Waals surface area contributed by atoms with Crippen LogP contribution in [0.1, 0.15) is 28.4 Å².